The smallest absolute Gasteiger partial charge is 0.00118 e. The molecule has 0 bridgehead atoms. The highest BCUT2D eigenvalue weighted by molar-refractivity contribution is 7.98. The van der Waals surface area contributed by atoms with Crippen molar-refractivity contribution < 1.29 is 0 Å². The van der Waals surface area contributed by atoms with Crippen molar-refractivity contribution in [2.45, 2.75) is 26.2 Å². The molecule has 0 amide bonds. The fraction of sp³-hybridized carbons (Fsp3) is 0.800. The van der Waals surface area contributed by atoms with Gasteiger partial charge in [-0.3, -0.25) is 0 Å². The second kappa shape index (κ2) is 9.14. The van der Waals surface area contributed by atoms with Crippen LogP contribution in [-0.2, 0) is 0 Å². The number of thioether (sulfide) groups is 1. The third-order valence-electron chi connectivity index (χ3n) is 1.68. The minimum absolute atomic E-state index is 1.09. The van der Waals surface area contributed by atoms with E-state index in [4.69, 9.17) is 0 Å². The van der Waals surface area contributed by atoms with Crippen LogP contribution in [-0.4, -0.2) is 25.1 Å². The molecule has 0 saturated carbocycles. The van der Waals surface area contributed by atoms with Crippen LogP contribution in [0.5, 0.6) is 0 Å². The zero-order valence-corrected chi connectivity index (χ0v) is 9.17. The Morgan fingerprint density at radius 3 is 2.67 bits per heavy atom. The molecule has 72 valence electrons. The normalized spacial score (nSPS) is 10.2. The molecule has 0 aliphatic rings. The van der Waals surface area contributed by atoms with Gasteiger partial charge in [0.1, 0.15) is 0 Å². The first-order valence-electron chi connectivity index (χ1n) is 4.61. The average Bonchev–Trinajstić information content (AvgIpc) is 2.02. The molecular weight excluding hydrogens is 166 g/mol. The number of rotatable bonds is 8. The van der Waals surface area contributed by atoms with Crippen molar-refractivity contribution in [3.8, 4) is 0 Å². The summed E-state index contributed by atoms with van der Waals surface area (Å²) < 4.78 is 0. The first-order valence-corrected chi connectivity index (χ1v) is 6.00. The lowest BCUT2D eigenvalue weighted by Gasteiger charge is -2.03. The molecule has 0 heterocycles. The molecule has 0 radical (unpaired) electrons. The molecule has 1 N–H and O–H groups in total. The lowest BCUT2D eigenvalue weighted by molar-refractivity contribution is 0.641. The van der Waals surface area contributed by atoms with E-state index in [1.807, 2.05) is 11.8 Å². The van der Waals surface area contributed by atoms with Crippen LogP contribution in [0.1, 0.15) is 26.2 Å². The van der Waals surface area contributed by atoms with Gasteiger partial charge in [0.05, 0.1) is 0 Å². The average molecular weight is 187 g/mol. The maximum atomic E-state index is 3.86. The molecule has 0 atom stereocenters. The number of unbranched alkanes of at least 4 members (excludes halogenated alkanes) is 1. The minimum Gasteiger partial charge on any atom is -0.316 e. The van der Waals surface area contributed by atoms with Crippen molar-refractivity contribution in [3.63, 3.8) is 0 Å². The van der Waals surface area contributed by atoms with E-state index >= 15 is 0 Å². The summed E-state index contributed by atoms with van der Waals surface area (Å²) in [5, 5.41) is 3.41. The number of hydrogen-bond donors (Lipinski definition) is 1. The van der Waals surface area contributed by atoms with E-state index in [-0.39, 0.29) is 0 Å². The Labute approximate surface area is 81.0 Å². The molecular formula is C10H21NS. The Bertz CT molecular complexity index is 112. The molecule has 0 aromatic carbocycles. The highest BCUT2D eigenvalue weighted by Crippen LogP contribution is 1.98. The SMILES string of the molecule is C=C(C)CCNCCCCSC. The van der Waals surface area contributed by atoms with E-state index in [2.05, 4.69) is 25.1 Å². The zero-order chi connectivity index (χ0) is 9.23. The summed E-state index contributed by atoms with van der Waals surface area (Å²) in [5.41, 5.74) is 1.27. The van der Waals surface area contributed by atoms with Crippen LogP contribution < -0.4 is 5.32 Å². The quantitative estimate of drug-likeness (QED) is 0.463. The van der Waals surface area contributed by atoms with Crippen LogP contribution in [0.3, 0.4) is 0 Å². The topological polar surface area (TPSA) is 12.0 Å². The third kappa shape index (κ3) is 10.0. The summed E-state index contributed by atoms with van der Waals surface area (Å²) in [4.78, 5) is 0. The summed E-state index contributed by atoms with van der Waals surface area (Å²) in [5.74, 6) is 1.29. The van der Waals surface area contributed by atoms with Gasteiger partial charge < -0.3 is 5.32 Å². The predicted octanol–water partition coefficient (Wildman–Crippen LogP) is 2.69. The van der Waals surface area contributed by atoms with Crippen LogP contribution in [0, 0.1) is 0 Å². The second-order valence-electron chi connectivity index (χ2n) is 3.16. The van der Waals surface area contributed by atoms with Gasteiger partial charge in [-0.15, -0.1) is 6.58 Å². The van der Waals surface area contributed by atoms with Crippen molar-refractivity contribution in [1.82, 2.24) is 5.32 Å². The van der Waals surface area contributed by atoms with Crippen molar-refractivity contribution in [2.24, 2.45) is 0 Å². The largest absolute Gasteiger partial charge is 0.316 e. The van der Waals surface area contributed by atoms with Gasteiger partial charge in [0, 0.05) is 0 Å². The van der Waals surface area contributed by atoms with Crippen LogP contribution in [0.15, 0.2) is 12.2 Å². The van der Waals surface area contributed by atoms with E-state index in [0.29, 0.717) is 0 Å². The summed E-state index contributed by atoms with van der Waals surface area (Å²) in [6, 6.07) is 0. The Kier molecular flexibility index (Phi) is 9.18. The third-order valence-corrected chi connectivity index (χ3v) is 2.38. The Morgan fingerprint density at radius 2 is 2.08 bits per heavy atom. The zero-order valence-electron chi connectivity index (χ0n) is 8.36. The Morgan fingerprint density at radius 1 is 1.33 bits per heavy atom. The maximum Gasteiger partial charge on any atom is -0.00118 e. The summed E-state index contributed by atoms with van der Waals surface area (Å²) >= 11 is 1.93. The van der Waals surface area contributed by atoms with Crippen molar-refractivity contribution in [3.05, 3.63) is 12.2 Å². The molecule has 0 unspecified atom stereocenters. The molecule has 2 heteroatoms. The minimum atomic E-state index is 1.09. The first kappa shape index (κ1) is 12.0. The van der Waals surface area contributed by atoms with Gasteiger partial charge in [-0.1, -0.05) is 5.57 Å². The van der Waals surface area contributed by atoms with Gasteiger partial charge in [-0.05, 0) is 51.3 Å². The van der Waals surface area contributed by atoms with Gasteiger partial charge >= 0.3 is 0 Å². The van der Waals surface area contributed by atoms with Gasteiger partial charge in [-0.2, -0.15) is 11.8 Å². The fourth-order valence-electron chi connectivity index (χ4n) is 0.923. The highest BCUT2D eigenvalue weighted by Gasteiger charge is 1.89. The van der Waals surface area contributed by atoms with E-state index in [1.165, 1.54) is 24.2 Å². The van der Waals surface area contributed by atoms with E-state index in [0.717, 1.165) is 19.5 Å². The van der Waals surface area contributed by atoms with Gasteiger partial charge in [0.2, 0.25) is 0 Å². The molecule has 0 aromatic rings. The molecule has 0 saturated heterocycles. The molecule has 0 fully saturated rings. The van der Waals surface area contributed by atoms with E-state index in [9.17, 15) is 0 Å². The highest BCUT2D eigenvalue weighted by atomic mass is 32.2. The molecule has 0 aliphatic heterocycles. The Hall–Kier alpha value is 0.0500. The number of hydrogen-bond acceptors (Lipinski definition) is 2. The first-order chi connectivity index (χ1) is 5.77. The molecule has 0 spiro atoms. The van der Waals surface area contributed by atoms with Crippen LogP contribution >= 0.6 is 11.8 Å². The van der Waals surface area contributed by atoms with Gasteiger partial charge in [-0.25, -0.2) is 0 Å². The summed E-state index contributed by atoms with van der Waals surface area (Å²) in [7, 11) is 0. The monoisotopic (exact) mass is 187 g/mol. The molecule has 0 aromatic heterocycles. The second-order valence-corrected chi connectivity index (χ2v) is 4.14. The maximum absolute atomic E-state index is 3.86. The molecule has 0 rings (SSSR count). The molecule has 12 heavy (non-hydrogen) atoms. The predicted molar refractivity (Wildman–Crippen MR) is 59.9 cm³/mol. The van der Waals surface area contributed by atoms with E-state index in [1.54, 1.807) is 0 Å². The standard InChI is InChI=1S/C10H21NS/c1-10(2)6-8-11-7-4-5-9-12-3/h11H,1,4-9H2,2-3H3. The summed E-state index contributed by atoms with van der Waals surface area (Å²) in [6.45, 7) is 8.19. The van der Waals surface area contributed by atoms with Crippen molar-refractivity contribution in [1.29, 1.82) is 0 Å². The number of nitrogens with one attached hydrogen (secondary N) is 1. The fourth-order valence-corrected chi connectivity index (χ4v) is 1.42. The van der Waals surface area contributed by atoms with Crippen LogP contribution in [0.4, 0.5) is 0 Å². The van der Waals surface area contributed by atoms with Crippen molar-refractivity contribution in [2.75, 3.05) is 25.1 Å². The summed E-state index contributed by atoms with van der Waals surface area (Å²) in [6.07, 6.45) is 5.91. The lowest BCUT2D eigenvalue weighted by atomic mass is 10.2. The van der Waals surface area contributed by atoms with E-state index < -0.39 is 0 Å². The Balaban J connectivity index is 2.86. The van der Waals surface area contributed by atoms with Crippen molar-refractivity contribution >= 4 is 11.8 Å². The van der Waals surface area contributed by atoms with Crippen LogP contribution in [0.2, 0.25) is 0 Å². The molecule has 0 aliphatic carbocycles. The van der Waals surface area contributed by atoms with Gasteiger partial charge in [0.25, 0.3) is 0 Å². The van der Waals surface area contributed by atoms with Gasteiger partial charge in [0.15, 0.2) is 0 Å². The van der Waals surface area contributed by atoms with Crippen LogP contribution in [0.25, 0.3) is 0 Å². The molecule has 1 nitrogen and oxygen atoms in total. The lowest BCUT2D eigenvalue weighted by Crippen LogP contribution is -2.16.